The molecule has 0 saturated heterocycles. The lowest BCUT2D eigenvalue weighted by molar-refractivity contribution is 0.875. The van der Waals surface area contributed by atoms with Gasteiger partial charge in [-0.3, -0.25) is 0 Å². The Morgan fingerprint density at radius 1 is 1.40 bits per heavy atom. The van der Waals surface area contributed by atoms with Gasteiger partial charge < -0.3 is 5.32 Å². The second-order valence-electron chi connectivity index (χ2n) is 3.47. The van der Waals surface area contributed by atoms with Crippen LogP contribution >= 0.6 is 11.3 Å². The summed E-state index contributed by atoms with van der Waals surface area (Å²) in [5.74, 6) is 0.876. The maximum atomic E-state index is 4.17. The van der Waals surface area contributed by atoms with Gasteiger partial charge in [-0.15, -0.1) is 0 Å². The van der Waals surface area contributed by atoms with Gasteiger partial charge in [0.2, 0.25) is 0 Å². The molecule has 0 fully saturated rings. The standard InChI is InChI=1S/C11H13N3S/c1-8-5-11(13-7-12-8)14-9(2)10-3-4-15-6-10/h3-7,9H,1-2H3,(H,12,13,14). The number of nitrogens with zero attached hydrogens (tertiary/aromatic N) is 2. The van der Waals surface area contributed by atoms with Crippen molar-refractivity contribution in [1.82, 2.24) is 9.97 Å². The molecule has 78 valence electrons. The van der Waals surface area contributed by atoms with Crippen LogP contribution in [0, 0.1) is 6.92 Å². The number of thiophene rings is 1. The van der Waals surface area contributed by atoms with Crippen LogP contribution in [0.25, 0.3) is 0 Å². The van der Waals surface area contributed by atoms with E-state index in [1.165, 1.54) is 5.56 Å². The van der Waals surface area contributed by atoms with E-state index in [0.717, 1.165) is 11.5 Å². The molecule has 0 saturated carbocycles. The van der Waals surface area contributed by atoms with E-state index in [2.05, 4.69) is 39.0 Å². The molecule has 0 aliphatic heterocycles. The maximum absolute atomic E-state index is 4.17. The lowest BCUT2D eigenvalue weighted by Gasteiger charge is -2.12. The van der Waals surface area contributed by atoms with E-state index < -0.39 is 0 Å². The van der Waals surface area contributed by atoms with Gasteiger partial charge in [0, 0.05) is 11.8 Å². The quantitative estimate of drug-likeness (QED) is 0.862. The summed E-state index contributed by atoms with van der Waals surface area (Å²) in [6, 6.07) is 4.35. The van der Waals surface area contributed by atoms with Crippen molar-refractivity contribution < 1.29 is 0 Å². The minimum atomic E-state index is 0.283. The van der Waals surface area contributed by atoms with E-state index in [1.807, 2.05) is 13.0 Å². The van der Waals surface area contributed by atoms with E-state index in [4.69, 9.17) is 0 Å². The van der Waals surface area contributed by atoms with Crippen molar-refractivity contribution in [3.05, 3.63) is 40.5 Å². The van der Waals surface area contributed by atoms with E-state index in [1.54, 1.807) is 17.7 Å². The Morgan fingerprint density at radius 3 is 2.93 bits per heavy atom. The number of rotatable bonds is 3. The van der Waals surface area contributed by atoms with E-state index in [-0.39, 0.29) is 6.04 Å². The minimum absolute atomic E-state index is 0.283. The van der Waals surface area contributed by atoms with E-state index in [9.17, 15) is 0 Å². The van der Waals surface area contributed by atoms with Crippen LogP contribution in [0.4, 0.5) is 5.82 Å². The topological polar surface area (TPSA) is 37.8 Å². The third kappa shape index (κ3) is 2.53. The van der Waals surface area contributed by atoms with Gasteiger partial charge in [-0.1, -0.05) is 0 Å². The average Bonchev–Trinajstić information content (AvgIpc) is 2.70. The van der Waals surface area contributed by atoms with Crippen molar-refractivity contribution in [3.8, 4) is 0 Å². The molecule has 0 aliphatic rings. The number of aryl methyl sites for hydroxylation is 1. The number of aromatic nitrogens is 2. The summed E-state index contributed by atoms with van der Waals surface area (Å²) in [5.41, 5.74) is 2.27. The zero-order valence-electron chi connectivity index (χ0n) is 8.77. The summed E-state index contributed by atoms with van der Waals surface area (Å²) in [6.07, 6.45) is 1.58. The van der Waals surface area contributed by atoms with E-state index in [0.29, 0.717) is 0 Å². The van der Waals surface area contributed by atoms with Crippen LogP contribution in [-0.2, 0) is 0 Å². The smallest absolute Gasteiger partial charge is 0.130 e. The van der Waals surface area contributed by atoms with Crippen molar-refractivity contribution in [2.45, 2.75) is 19.9 Å². The highest BCUT2D eigenvalue weighted by atomic mass is 32.1. The van der Waals surface area contributed by atoms with Gasteiger partial charge in [-0.05, 0) is 36.2 Å². The molecule has 15 heavy (non-hydrogen) atoms. The van der Waals surface area contributed by atoms with Crippen LogP contribution < -0.4 is 5.32 Å². The third-order valence-electron chi connectivity index (χ3n) is 2.21. The number of nitrogens with one attached hydrogen (secondary N) is 1. The molecule has 1 unspecified atom stereocenters. The second-order valence-corrected chi connectivity index (χ2v) is 4.25. The maximum Gasteiger partial charge on any atom is 0.130 e. The van der Waals surface area contributed by atoms with Gasteiger partial charge in [0.05, 0.1) is 6.04 Å². The molecule has 0 bridgehead atoms. The number of hydrogen-bond acceptors (Lipinski definition) is 4. The molecular formula is C11H13N3S. The number of hydrogen-bond donors (Lipinski definition) is 1. The predicted octanol–water partition coefficient (Wildman–Crippen LogP) is 3.02. The zero-order valence-corrected chi connectivity index (χ0v) is 9.58. The molecule has 4 heteroatoms. The van der Waals surface area contributed by atoms with Gasteiger partial charge in [0.15, 0.2) is 0 Å². The molecule has 2 heterocycles. The Morgan fingerprint density at radius 2 is 2.27 bits per heavy atom. The first-order chi connectivity index (χ1) is 7.25. The highest BCUT2D eigenvalue weighted by Gasteiger charge is 2.05. The van der Waals surface area contributed by atoms with Crippen LogP contribution in [0.15, 0.2) is 29.2 Å². The van der Waals surface area contributed by atoms with Crippen molar-refractivity contribution in [3.63, 3.8) is 0 Å². The fourth-order valence-corrected chi connectivity index (χ4v) is 2.11. The lowest BCUT2D eigenvalue weighted by atomic mass is 10.2. The summed E-state index contributed by atoms with van der Waals surface area (Å²) in [6.45, 7) is 4.08. The SMILES string of the molecule is Cc1cc(NC(C)c2ccsc2)ncn1. The van der Waals surface area contributed by atoms with Gasteiger partial charge >= 0.3 is 0 Å². The highest BCUT2D eigenvalue weighted by Crippen LogP contribution is 2.19. The predicted molar refractivity (Wildman–Crippen MR) is 63.1 cm³/mol. The molecule has 2 rings (SSSR count). The van der Waals surface area contributed by atoms with E-state index >= 15 is 0 Å². The summed E-state index contributed by atoms with van der Waals surface area (Å²) in [7, 11) is 0. The first kappa shape index (κ1) is 10.1. The van der Waals surface area contributed by atoms with Crippen LogP contribution in [0.5, 0.6) is 0 Å². The molecule has 2 aromatic rings. The molecule has 2 aromatic heterocycles. The van der Waals surface area contributed by atoms with Gasteiger partial charge in [-0.25, -0.2) is 9.97 Å². The van der Waals surface area contributed by atoms with Crippen LogP contribution in [-0.4, -0.2) is 9.97 Å². The Labute approximate surface area is 93.2 Å². The molecule has 0 spiro atoms. The molecule has 1 atom stereocenters. The summed E-state index contributed by atoms with van der Waals surface area (Å²) >= 11 is 1.71. The zero-order chi connectivity index (χ0) is 10.7. The molecule has 0 amide bonds. The van der Waals surface area contributed by atoms with Crippen LogP contribution in [0.3, 0.4) is 0 Å². The summed E-state index contributed by atoms with van der Waals surface area (Å²) in [4.78, 5) is 8.23. The second kappa shape index (κ2) is 4.40. The number of anilines is 1. The van der Waals surface area contributed by atoms with Crippen LogP contribution in [0.2, 0.25) is 0 Å². The Hall–Kier alpha value is -1.42. The fraction of sp³-hybridized carbons (Fsp3) is 0.273. The molecule has 1 N–H and O–H groups in total. The normalized spacial score (nSPS) is 12.4. The fourth-order valence-electron chi connectivity index (χ4n) is 1.36. The first-order valence-corrected chi connectivity index (χ1v) is 5.77. The molecule has 0 aliphatic carbocycles. The van der Waals surface area contributed by atoms with Gasteiger partial charge in [0.1, 0.15) is 12.1 Å². The monoisotopic (exact) mass is 219 g/mol. The minimum Gasteiger partial charge on any atom is -0.363 e. The summed E-state index contributed by atoms with van der Waals surface area (Å²) in [5, 5.41) is 7.57. The van der Waals surface area contributed by atoms with Crippen molar-refractivity contribution in [2.75, 3.05) is 5.32 Å². The molecule has 0 radical (unpaired) electrons. The largest absolute Gasteiger partial charge is 0.363 e. The van der Waals surface area contributed by atoms with Crippen molar-refractivity contribution in [2.24, 2.45) is 0 Å². The van der Waals surface area contributed by atoms with Gasteiger partial charge in [-0.2, -0.15) is 11.3 Å². The highest BCUT2D eigenvalue weighted by molar-refractivity contribution is 7.07. The Balaban J connectivity index is 2.09. The molecule has 0 aromatic carbocycles. The summed E-state index contributed by atoms with van der Waals surface area (Å²) < 4.78 is 0. The lowest BCUT2D eigenvalue weighted by Crippen LogP contribution is -2.07. The third-order valence-corrected chi connectivity index (χ3v) is 2.91. The van der Waals surface area contributed by atoms with Crippen molar-refractivity contribution >= 4 is 17.2 Å². The molecule has 3 nitrogen and oxygen atoms in total. The first-order valence-electron chi connectivity index (χ1n) is 4.83. The van der Waals surface area contributed by atoms with Crippen molar-refractivity contribution in [1.29, 1.82) is 0 Å². The van der Waals surface area contributed by atoms with Crippen LogP contribution in [0.1, 0.15) is 24.2 Å². The van der Waals surface area contributed by atoms with Gasteiger partial charge in [0.25, 0.3) is 0 Å². The average molecular weight is 219 g/mol. The Bertz CT molecular complexity index is 425. The Kier molecular flexibility index (Phi) is 2.97. The molecular weight excluding hydrogens is 206 g/mol.